The maximum Gasteiger partial charge on any atom is 0.0595 e. The summed E-state index contributed by atoms with van der Waals surface area (Å²) in [6, 6.07) is 6.83. The van der Waals surface area contributed by atoms with Gasteiger partial charge in [-0.1, -0.05) is 29.3 Å². The molecule has 0 aromatic heterocycles. The minimum atomic E-state index is 0.500. The van der Waals surface area contributed by atoms with Gasteiger partial charge in [-0.05, 0) is 55.2 Å². The van der Waals surface area contributed by atoms with Crippen molar-refractivity contribution < 1.29 is 0 Å². The van der Waals surface area contributed by atoms with Crippen molar-refractivity contribution in [1.82, 2.24) is 5.32 Å². The quantitative estimate of drug-likeness (QED) is 0.850. The highest BCUT2D eigenvalue weighted by molar-refractivity contribution is 6.42. The Hall–Kier alpha value is -0.240. The van der Waals surface area contributed by atoms with Crippen LogP contribution >= 0.6 is 23.2 Å². The summed E-state index contributed by atoms with van der Waals surface area (Å²) >= 11 is 12.0. The van der Waals surface area contributed by atoms with Crippen LogP contribution in [0.2, 0.25) is 10.0 Å². The van der Waals surface area contributed by atoms with Crippen LogP contribution in [0.15, 0.2) is 18.2 Å². The fourth-order valence-electron chi connectivity index (χ4n) is 2.32. The lowest BCUT2D eigenvalue weighted by Gasteiger charge is -2.16. The number of rotatable bonds is 5. The smallest absolute Gasteiger partial charge is 0.0595 e. The van der Waals surface area contributed by atoms with Crippen LogP contribution in [0.25, 0.3) is 0 Å². The van der Waals surface area contributed by atoms with Gasteiger partial charge in [-0.2, -0.15) is 0 Å². The Balaban J connectivity index is 1.62. The van der Waals surface area contributed by atoms with E-state index in [1.807, 2.05) is 12.1 Å². The molecule has 1 aromatic carbocycles. The van der Waals surface area contributed by atoms with Crippen LogP contribution in [0.4, 0.5) is 0 Å². The number of hydrogen-bond acceptors (Lipinski definition) is 1. The molecule has 0 atom stereocenters. The molecule has 0 bridgehead atoms. The monoisotopic (exact) mass is 269 g/mol. The molecule has 92 valence electrons. The molecule has 0 saturated heterocycles. The third kappa shape index (κ3) is 2.96. The van der Waals surface area contributed by atoms with Crippen molar-refractivity contribution in [3.63, 3.8) is 0 Å². The molecule has 2 saturated carbocycles. The van der Waals surface area contributed by atoms with Gasteiger partial charge in [0, 0.05) is 12.6 Å². The van der Waals surface area contributed by atoms with Crippen molar-refractivity contribution in [2.75, 3.05) is 6.54 Å². The first-order valence-electron chi connectivity index (χ1n) is 6.34. The van der Waals surface area contributed by atoms with Gasteiger partial charge < -0.3 is 5.32 Å². The fraction of sp³-hybridized carbons (Fsp3) is 0.571. The molecule has 1 aromatic rings. The van der Waals surface area contributed by atoms with E-state index in [0.717, 1.165) is 19.0 Å². The van der Waals surface area contributed by atoms with Crippen LogP contribution in [0.5, 0.6) is 0 Å². The molecule has 2 aliphatic rings. The number of halogens is 2. The standard InChI is InChI=1S/C14H17Cl2N/c15-12-4-1-10(7-13(12)16)8-14(5-6-14)9-17-11-2-3-11/h1,4,7,11,17H,2-3,5-6,8-9H2. The SMILES string of the molecule is Clc1ccc(CC2(CNC3CC3)CC2)cc1Cl. The van der Waals surface area contributed by atoms with Crippen LogP contribution in [-0.4, -0.2) is 12.6 Å². The first-order chi connectivity index (χ1) is 8.17. The Morgan fingerprint density at radius 3 is 2.53 bits per heavy atom. The van der Waals surface area contributed by atoms with Crippen molar-refractivity contribution in [1.29, 1.82) is 0 Å². The second-order valence-electron chi connectivity index (χ2n) is 5.58. The highest BCUT2D eigenvalue weighted by Gasteiger charge is 2.43. The normalized spacial score (nSPS) is 21.5. The Morgan fingerprint density at radius 2 is 1.94 bits per heavy atom. The highest BCUT2D eigenvalue weighted by Crippen LogP contribution is 2.48. The molecule has 3 heteroatoms. The van der Waals surface area contributed by atoms with Crippen molar-refractivity contribution >= 4 is 23.2 Å². The van der Waals surface area contributed by atoms with Gasteiger partial charge in [-0.25, -0.2) is 0 Å². The van der Waals surface area contributed by atoms with E-state index < -0.39 is 0 Å². The molecular weight excluding hydrogens is 253 g/mol. The molecule has 0 heterocycles. The highest BCUT2D eigenvalue weighted by atomic mass is 35.5. The average Bonchev–Trinajstić information content (AvgIpc) is 3.17. The van der Waals surface area contributed by atoms with Crippen LogP contribution in [-0.2, 0) is 6.42 Å². The number of benzene rings is 1. The van der Waals surface area contributed by atoms with Crippen LogP contribution in [0.3, 0.4) is 0 Å². The number of nitrogens with one attached hydrogen (secondary N) is 1. The molecule has 17 heavy (non-hydrogen) atoms. The lowest BCUT2D eigenvalue weighted by atomic mass is 9.96. The summed E-state index contributed by atoms with van der Waals surface area (Å²) in [6.07, 6.45) is 6.54. The van der Waals surface area contributed by atoms with Gasteiger partial charge in [0.1, 0.15) is 0 Å². The van der Waals surface area contributed by atoms with Gasteiger partial charge in [0.2, 0.25) is 0 Å². The maximum absolute atomic E-state index is 6.05. The summed E-state index contributed by atoms with van der Waals surface area (Å²) in [5, 5.41) is 4.97. The maximum atomic E-state index is 6.05. The van der Waals surface area contributed by atoms with Crippen molar-refractivity contribution in [3.8, 4) is 0 Å². The summed E-state index contributed by atoms with van der Waals surface area (Å²) in [5.74, 6) is 0. The molecule has 1 nitrogen and oxygen atoms in total. The largest absolute Gasteiger partial charge is 0.313 e. The molecule has 0 unspecified atom stereocenters. The van der Waals surface area contributed by atoms with Gasteiger partial charge >= 0.3 is 0 Å². The van der Waals surface area contributed by atoms with Crippen molar-refractivity contribution in [2.24, 2.45) is 5.41 Å². The lowest BCUT2D eigenvalue weighted by Crippen LogP contribution is -2.27. The topological polar surface area (TPSA) is 12.0 Å². The summed E-state index contributed by atoms with van der Waals surface area (Å²) in [6.45, 7) is 1.16. The molecular formula is C14H17Cl2N. The van der Waals surface area contributed by atoms with Crippen molar-refractivity contribution in [2.45, 2.75) is 38.1 Å². The van der Waals surface area contributed by atoms with E-state index in [9.17, 15) is 0 Å². The van der Waals surface area contributed by atoms with E-state index in [1.54, 1.807) is 0 Å². The molecule has 2 fully saturated rings. The zero-order valence-corrected chi connectivity index (χ0v) is 11.3. The van der Waals surface area contributed by atoms with Crippen molar-refractivity contribution in [3.05, 3.63) is 33.8 Å². The Kier molecular flexibility index (Phi) is 3.10. The number of hydrogen-bond donors (Lipinski definition) is 1. The first-order valence-corrected chi connectivity index (χ1v) is 7.10. The lowest BCUT2D eigenvalue weighted by molar-refractivity contribution is 0.453. The second kappa shape index (κ2) is 4.46. The van der Waals surface area contributed by atoms with Crippen LogP contribution in [0.1, 0.15) is 31.2 Å². The van der Waals surface area contributed by atoms with E-state index in [0.29, 0.717) is 15.5 Å². The van der Waals surface area contributed by atoms with Crippen LogP contribution in [0, 0.1) is 5.41 Å². The minimum absolute atomic E-state index is 0.500. The predicted octanol–water partition coefficient (Wildman–Crippen LogP) is 4.07. The minimum Gasteiger partial charge on any atom is -0.313 e. The third-order valence-electron chi connectivity index (χ3n) is 3.86. The Bertz CT molecular complexity index is 422. The van der Waals surface area contributed by atoms with Crippen LogP contribution < -0.4 is 5.32 Å². The van der Waals surface area contributed by atoms with E-state index >= 15 is 0 Å². The van der Waals surface area contributed by atoms with Gasteiger partial charge in [0.05, 0.1) is 10.0 Å². The van der Waals surface area contributed by atoms with E-state index in [4.69, 9.17) is 23.2 Å². The van der Waals surface area contributed by atoms with E-state index in [1.165, 1.54) is 31.2 Å². The summed E-state index contributed by atoms with van der Waals surface area (Å²) in [4.78, 5) is 0. The Morgan fingerprint density at radius 1 is 1.18 bits per heavy atom. The van der Waals surface area contributed by atoms with Gasteiger partial charge in [-0.15, -0.1) is 0 Å². The van der Waals surface area contributed by atoms with E-state index in [2.05, 4.69) is 11.4 Å². The van der Waals surface area contributed by atoms with Gasteiger partial charge in [0.15, 0.2) is 0 Å². The second-order valence-corrected chi connectivity index (χ2v) is 6.39. The first kappa shape index (κ1) is 11.8. The third-order valence-corrected chi connectivity index (χ3v) is 4.60. The average molecular weight is 270 g/mol. The predicted molar refractivity (Wildman–Crippen MR) is 72.9 cm³/mol. The fourth-order valence-corrected chi connectivity index (χ4v) is 2.64. The summed E-state index contributed by atoms with van der Waals surface area (Å²) in [7, 11) is 0. The molecule has 2 aliphatic carbocycles. The summed E-state index contributed by atoms with van der Waals surface area (Å²) < 4.78 is 0. The molecule has 3 rings (SSSR count). The molecule has 0 spiro atoms. The zero-order chi connectivity index (χ0) is 11.9. The Labute approximate surface area is 112 Å². The van der Waals surface area contributed by atoms with Gasteiger partial charge in [-0.3, -0.25) is 0 Å². The van der Waals surface area contributed by atoms with E-state index in [-0.39, 0.29) is 0 Å². The summed E-state index contributed by atoms with van der Waals surface area (Å²) in [5.41, 5.74) is 1.81. The molecule has 0 aliphatic heterocycles. The molecule has 1 N–H and O–H groups in total. The van der Waals surface area contributed by atoms with Gasteiger partial charge in [0.25, 0.3) is 0 Å². The zero-order valence-electron chi connectivity index (χ0n) is 9.81. The molecule has 0 radical (unpaired) electrons. The molecule has 0 amide bonds.